The molecule has 1 aromatic rings. The molecule has 12 heavy (non-hydrogen) atoms. The first-order valence-corrected chi connectivity index (χ1v) is 4.18. The number of carbonyl (C=O) groups is 1. The quantitative estimate of drug-likeness (QED) is 0.779. The number of carboxylic acids is 1. The van der Waals surface area contributed by atoms with Gasteiger partial charge in [-0.1, -0.05) is 0 Å². The molecule has 0 fully saturated rings. The predicted molar refractivity (Wildman–Crippen MR) is 44.5 cm³/mol. The number of hydrogen-bond donors (Lipinski definition) is 1. The zero-order valence-electron chi connectivity index (χ0n) is 6.77. The average molecular weight is 187 g/mol. The van der Waals surface area contributed by atoms with Crippen LogP contribution in [0.1, 0.15) is 27.7 Å². The number of methoxy groups -OCH3 is 1. The molecule has 0 spiro atoms. The van der Waals surface area contributed by atoms with E-state index >= 15 is 0 Å². The van der Waals surface area contributed by atoms with E-state index in [-0.39, 0.29) is 11.0 Å². The standard InChI is InChI=1S/C7H9NO3S/c1-4(11-2)6-8-3-5(12-6)7(9)10/h3-4H,1-2H3,(H,9,10)/t4-/m1/s1. The van der Waals surface area contributed by atoms with Crippen molar-refractivity contribution in [2.45, 2.75) is 13.0 Å². The van der Waals surface area contributed by atoms with Gasteiger partial charge in [0.1, 0.15) is 16.0 Å². The maximum atomic E-state index is 10.5. The molecule has 0 aliphatic heterocycles. The fourth-order valence-electron chi connectivity index (χ4n) is 0.675. The largest absolute Gasteiger partial charge is 0.477 e. The van der Waals surface area contributed by atoms with Crippen LogP contribution in [0.25, 0.3) is 0 Å². The Bertz CT molecular complexity index is 284. The van der Waals surface area contributed by atoms with E-state index in [0.29, 0.717) is 5.01 Å². The van der Waals surface area contributed by atoms with Crippen LogP contribution in [0.5, 0.6) is 0 Å². The second kappa shape index (κ2) is 3.64. The van der Waals surface area contributed by atoms with Crippen molar-refractivity contribution in [1.29, 1.82) is 0 Å². The van der Waals surface area contributed by atoms with Gasteiger partial charge in [0.2, 0.25) is 0 Å². The van der Waals surface area contributed by atoms with Crippen molar-refractivity contribution in [1.82, 2.24) is 4.98 Å². The minimum atomic E-state index is -0.943. The van der Waals surface area contributed by atoms with E-state index in [1.807, 2.05) is 6.92 Å². The molecule has 66 valence electrons. The monoisotopic (exact) mass is 187 g/mol. The van der Waals surface area contributed by atoms with E-state index in [9.17, 15) is 4.79 Å². The van der Waals surface area contributed by atoms with E-state index in [4.69, 9.17) is 9.84 Å². The first-order chi connectivity index (χ1) is 5.65. The molecule has 1 heterocycles. The minimum absolute atomic E-state index is 0.136. The van der Waals surface area contributed by atoms with Crippen LogP contribution in [0, 0.1) is 0 Å². The SMILES string of the molecule is CO[C@H](C)c1ncc(C(=O)O)s1. The fraction of sp³-hybridized carbons (Fsp3) is 0.429. The number of ether oxygens (including phenoxy) is 1. The summed E-state index contributed by atoms with van der Waals surface area (Å²) in [6.45, 7) is 1.82. The Balaban J connectivity index is 2.84. The molecule has 1 atom stereocenters. The van der Waals surface area contributed by atoms with Crippen LogP contribution in [0.15, 0.2) is 6.20 Å². The van der Waals surface area contributed by atoms with Crippen molar-refractivity contribution in [2.75, 3.05) is 7.11 Å². The molecule has 0 aliphatic carbocycles. The zero-order chi connectivity index (χ0) is 9.14. The molecule has 1 rings (SSSR count). The van der Waals surface area contributed by atoms with Crippen LogP contribution in [-0.2, 0) is 4.74 Å². The van der Waals surface area contributed by atoms with Gasteiger partial charge >= 0.3 is 5.97 Å². The molecular formula is C7H9NO3S. The number of hydrogen-bond acceptors (Lipinski definition) is 4. The summed E-state index contributed by atoms with van der Waals surface area (Å²) >= 11 is 1.14. The maximum absolute atomic E-state index is 10.5. The third-order valence-electron chi connectivity index (χ3n) is 1.44. The molecule has 0 unspecified atom stereocenters. The highest BCUT2D eigenvalue weighted by Gasteiger charge is 2.12. The molecule has 0 saturated heterocycles. The number of thiazole rings is 1. The lowest BCUT2D eigenvalue weighted by molar-refractivity contribution is 0.0702. The summed E-state index contributed by atoms with van der Waals surface area (Å²) in [5.41, 5.74) is 0. The number of carboxylic acid groups (broad SMARTS) is 1. The lowest BCUT2D eigenvalue weighted by Crippen LogP contribution is -1.93. The Kier molecular flexibility index (Phi) is 2.78. The smallest absolute Gasteiger partial charge is 0.347 e. The number of rotatable bonds is 3. The third-order valence-corrected chi connectivity index (χ3v) is 2.58. The Hall–Kier alpha value is -0.940. The van der Waals surface area contributed by atoms with Crippen molar-refractivity contribution in [3.63, 3.8) is 0 Å². The Morgan fingerprint density at radius 1 is 1.83 bits per heavy atom. The molecule has 0 radical (unpaired) electrons. The van der Waals surface area contributed by atoms with Gasteiger partial charge in [-0.15, -0.1) is 11.3 Å². The van der Waals surface area contributed by atoms with Crippen molar-refractivity contribution in [2.24, 2.45) is 0 Å². The summed E-state index contributed by atoms with van der Waals surface area (Å²) < 4.78 is 4.98. The first kappa shape index (κ1) is 9.15. The molecule has 5 heteroatoms. The van der Waals surface area contributed by atoms with Crippen LogP contribution < -0.4 is 0 Å². The Morgan fingerprint density at radius 3 is 2.92 bits per heavy atom. The molecule has 0 saturated carbocycles. The normalized spacial score (nSPS) is 12.8. The number of aromatic nitrogens is 1. The van der Waals surface area contributed by atoms with Gasteiger partial charge in [0, 0.05) is 7.11 Å². The zero-order valence-corrected chi connectivity index (χ0v) is 7.59. The highest BCUT2D eigenvalue weighted by Crippen LogP contribution is 2.21. The van der Waals surface area contributed by atoms with E-state index in [0.717, 1.165) is 11.3 Å². The Labute approximate surface area is 73.8 Å². The van der Waals surface area contributed by atoms with Gasteiger partial charge in [-0.05, 0) is 6.92 Å². The van der Waals surface area contributed by atoms with Gasteiger partial charge in [0.05, 0.1) is 6.20 Å². The van der Waals surface area contributed by atoms with Crippen molar-refractivity contribution >= 4 is 17.3 Å². The summed E-state index contributed by atoms with van der Waals surface area (Å²) in [6, 6.07) is 0. The summed E-state index contributed by atoms with van der Waals surface area (Å²) in [7, 11) is 1.56. The molecule has 0 aliphatic rings. The van der Waals surface area contributed by atoms with Gasteiger partial charge in [0.15, 0.2) is 0 Å². The number of nitrogens with zero attached hydrogens (tertiary/aromatic N) is 1. The van der Waals surface area contributed by atoms with Crippen LogP contribution in [0.2, 0.25) is 0 Å². The van der Waals surface area contributed by atoms with E-state index in [1.54, 1.807) is 7.11 Å². The summed E-state index contributed by atoms with van der Waals surface area (Å²) in [4.78, 5) is 14.6. The summed E-state index contributed by atoms with van der Waals surface area (Å²) in [5, 5.41) is 9.27. The minimum Gasteiger partial charge on any atom is -0.477 e. The van der Waals surface area contributed by atoms with E-state index < -0.39 is 5.97 Å². The molecule has 1 aromatic heterocycles. The van der Waals surface area contributed by atoms with Gasteiger partial charge in [-0.2, -0.15) is 0 Å². The van der Waals surface area contributed by atoms with Crippen LogP contribution in [-0.4, -0.2) is 23.2 Å². The molecule has 1 N–H and O–H groups in total. The lowest BCUT2D eigenvalue weighted by atomic mass is 10.4. The predicted octanol–water partition coefficient (Wildman–Crippen LogP) is 1.55. The van der Waals surface area contributed by atoms with Gasteiger partial charge < -0.3 is 9.84 Å². The highest BCUT2D eigenvalue weighted by molar-refractivity contribution is 7.13. The van der Waals surface area contributed by atoms with Gasteiger partial charge in [0.25, 0.3) is 0 Å². The molecular weight excluding hydrogens is 178 g/mol. The third kappa shape index (κ3) is 1.80. The highest BCUT2D eigenvalue weighted by atomic mass is 32.1. The van der Waals surface area contributed by atoms with E-state index in [1.165, 1.54) is 6.20 Å². The first-order valence-electron chi connectivity index (χ1n) is 3.37. The molecule has 4 nitrogen and oxygen atoms in total. The van der Waals surface area contributed by atoms with E-state index in [2.05, 4.69) is 4.98 Å². The van der Waals surface area contributed by atoms with Crippen LogP contribution >= 0.6 is 11.3 Å². The fourth-order valence-corrected chi connectivity index (χ4v) is 1.46. The summed E-state index contributed by atoms with van der Waals surface area (Å²) in [5.74, 6) is -0.943. The van der Waals surface area contributed by atoms with Crippen molar-refractivity contribution in [3.05, 3.63) is 16.1 Å². The second-order valence-electron chi connectivity index (χ2n) is 2.25. The maximum Gasteiger partial charge on any atom is 0.347 e. The van der Waals surface area contributed by atoms with Crippen LogP contribution in [0.4, 0.5) is 0 Å². The van der Waals surface area contributed by atoms with Gasteiger partial charge in [-0.3, -0.25) is 0 Å². The molecule has 0 bridgehead atoms. The van der Waals surface area contributed by atoms with Gasteiger partial charge in [-0.25, -0.2) is 9.78 Å². The van der Waals surface area contributed by atoms with Crippen LogP contribution in [0.3, 0.4) is 0 Å². The molecule has 0 amide bonds. The second-order valence-corrected chi connectivity index (χ2v) is 3.31. The lowest BCUT2D eigenvalue weighted by Gasteiger charge is -2.02. The Morgan fingerprint density at radius 2 is 2.50 bits per heavy atom. The van der Waals surface area contributed by atoms with Crippen molar-refractivity contribution < 1.29 is 14.6 Å². The average Bonchev–Trinajstić information content (AvgIpc) is 2.51. The van der Waals surface area contributed by atoms with Crippen molar-refractivity contribution in [3.8, 4) is 0 Å². The summed E-state index contributed by atoms with van der Waals surface area (Å²) in [6.07, 6.45) is 1.21. The number of aromatic carboxylic acids is 1. The topological polar surface area (TPSA) is 59.4 Å². The molecule has 0 aromatic carbocycles.